The maximum absolute atomic E-state index is 11.0. The predicted octanol–water partition coefficient (Wildman–Crippen LogP) is 3.59. The Morgan fingerprint density at radius 2 is 2.26 bits per heavy atom. The summed E-state index contributed by atoms with van der Waals surface area (Å²) >= 11 is 3.25. The number of ether oxygens (including phenoxy) is 1. The fourth-order valence-electron chi connectivity index (χ4n) is 2.10. The smallest absolute Gasteiger partial charge is 0.293 e. The third-order valence-corrected chi connectivity index (χ3v) is 4.10. The van der Waals surface area contributed by atoms with Gasteiger partial charge < -0.3 is 10.1 Å². The first-order valence-electron chi connectivity index (χ1n) is 6.23. The number of nitrogens with one attached hydrogen (secondary N) is 1. The summed E-state index contributed by atoms with van der Waals surface area (Å²) in [7, 11) is 1.70. The van der Waals surface area contributed by atoms with Crippen molar-refractivity contribution in [1.82, 2.24) is 0 Å². The monoisotopic (exact) mass is 328 g/mol. The maximum Gasteiger partial charge on any atom is 0.293 e. The molecule has 1 aromatic rings. The normalized spacial score (nSPS) is 16.1. The summed E-state index contributed by atoms with van der Waals surface area (Å²) in [6.07, 6.45) is 3.32. The molecular weight excluding hydrogens is 312 g/mol. The van der Waals surface area contributed by atoms with Gasteiger partial charge >= 0.3 is 0 Å². The number of hydrogen-bond donors (Lipinski definition) is 1. The van der Waals surface area contributed by atoms with Gasteiger partial charge in [0.05, 0.1) is 4.92 Å². The van der Waals surface area contributed by atoms with Crippen molar-refractivity contribution in [2.24, 2.45) is 5.41 Å². The van der Waals surface area contributed by atoms with E-state index in [9.17, 15) is 10.1 Å². The molecule has 0 aliphatic heterocycles. The molecular formula is C13H17BrN2O3. The van der Waals surface area contributed by atoms with Gasteiger partial charge in [-0.15, -0.1) is 0 Å². The average molecular weight is 329 g/mol. The molecule has 0 heterocycles. The van der Waals surface area contributed by atoms with E-state index in [4.69, 9.17) is 4.74 Å². The first kappa shape index (κ1) is 14.3. The summed E-state index contributed by atoms with van der Waals surface area (Å²) in [5.41, 5.74) is 0.950. The van der Waals surface area contributed by atoms with Gasteiger partial charge in [-0.05, 0) is 36.8 Å². The van der Waals surface area contributed by atoms with Gasteiger partial charge in [0.2, 0.25) is 0 Å². The Hall–Kier alpha value is -1.14. The molecule has 0 unspecified atom stereocenters. The van der Waals surface area contributed by atoms with Gasteiger partial charge in [-0.25, -0.2) is 0 Å². The predicted molar refractivity (Wildman–Crippen MR) is 77.4 cm³/mol. The van der Waals surface area contributed by atoms with Gasteiger partial charge in [0.15, 0.2) is 0 Å². The van der Waals surface area contributed by atoms with E-state index in [-0.39, 0.29) is 16.0 Å². The van der Waals surface area contributed by atoms with E-state index in [1.807, 2.05) is 6.07 Å². The summed E-state index contributed by atoms with van der Waals surface area (Å²) in [4.78, 5) is 10.7. The number of hydrogen-bond acceptors (Lipinski definition) is 4. The van der Waals surface area contributed by atoms with Gasteiger partial charge in [0.25, 0.3) is 5.69 Å². The van der Waals surface area contributed by atoms with Gasteiger partial charge in [-0.2, -0.15) is 0 Å². The van der Waals surface area contributed by atoms with Crippen molar-refractivity contribution < 1.29 is 9.66 Å². The highest BCUT2D eigenvalue weighted by atomic mass is 79.9. The molecule has 0 atom stereocenters. The van der Waals surface area contributed by atoms with Crippen LogP contribution in [0.3, 0.4) is 0 Å². The van der Waals surface area contributed by atoms with E-state index in [1.165, 1.54) is 6.07 Å². The Kier molecular flexibility index (Phi) is 4.42. The van der Waals surface area contributed by atoms with Crippen LogP contribution in [0.1, 0.15) is 19.3 Å². The lowest BCUT2D eigenvalue weighted by atomic mass is 10.0. The molecule has 1 aliphatic rings. The molecule has 1 N–H and O–H groups in total. The van der Waals surface area contributed by atoms with Crippen LogP contribution in [0.5, 0.6) is 0 Å². The number of methoxy groups -OCH3 is 1. The van der Waals surface area contributed by atoms with Gasteiger partial charge in [0.1, 0.15) is 5.69 Å². The van der Waals surface area contributed by atoms with Crippen LogP contribution in [0, 0.1) is 15.5 Å². The summed E-state index contributed by atoms with van der Waals surface area (Å²) in [5, 5.41) is 14.2. The Labute approximate surface area is 120 Å². The third-order valence-electron chi connectivity index (χ3n) is 3.60. The van der Waals surface area contributed by atoms with E-state index >= 15 is 0 Å². The van der Waals surface area contributed by atoms with Crippen molar-refractivity contribution in [2.45, 2.75) is 19.3 Å². The lowest BCUT2D eigenvalue weighted by Crippen LogP contribution is -2.17. The van der Waals surface area contributed by atoms with Crippen LogP contribution >= 0.6 is 15.9 Å². The molecule has 2 rings (SSSR count). The highest BCUT2D eigenvalue weighted by Gasteiger charge is 2.41. The SMILES string of the molecule is COCCC1(CNc2ccc(Br)cc2[N+](=O)[O-])CC1. The van der Waals surface area contributed by atoms with Crippen molar-refractivity contribution in [2.75, 3.05) is 25.6 Å². The zero-order valence-corrected chi connectivity index (χ0v) is 12.4. The summed E-state index contributed by atoms with van der Waals surface area (Å²) in [5.74, 6) is 0. The largest absolute Gasteiger partial charge is 0.385 e. The molecule has 1 aliphatic carbocycles. The van der Waals surface area contributed by atoms with Crippen LogP contribution in [0.15, 0.2) is 22.7 Å². The first-order valence-corrected chi connectivity index (χ1v) is 7.02. The second kappa shape index (κ2) is 5.88. The van der Waals surface area contributed by atoms with E-state index in [0.717, 1.165) is 32.4 Å². The van der Waals surface area contributed by atoms with Crippen LogP contribution in [0.2, 0.25) is 0 Å². The van der Waals surface area contributed by atoms with Crippen LogP contribution in [0.25, 0.3) is 0 Å². The van der Waals surface area contributed by atoms with E-state index in [0.29, 0.717) is 10.2 Å². The van der Waals surface area contributed by atoms with Crippen LogP contribution < -0.4 is 5.32 Å². The van der Waals surface area contributed by atoms with Crippen molar-refractivity contribution >= 4 is 27.3 Å². The summed E-state index contributed by atoms with van der Waals surface area (Å²) in [6, 6.07) is 5.08. The number of nitro groups is 1. The molecule has 1 aromatic carbocycles. The number of halogens is 1. The standard InChI is InChI=1S/C13H17BrN2O3/c1-19-7-6-13(4-5-13)9-15-11-3-2-10(14)8-12(11)16(17)18/h2-3,8,15H,4-7,9H2,1H3. The second-order valence-electron chi connectivity index (χ2n) is 5.01. The van der Waals surface area contributed by atoms with Gasteiger partial charge in [-0.3, -0.25) is 10.1 Å². The van der Waals surface area contributed by atoms with Crippen LogP contribution in [-0.2, 0) is 4.74 Å². The quantitative estimate of drug-likeness (QED) is 0.613. The fourth-order valence-corrected chi connectivity index (χ4v) is 2.45. The van der Waals surface area contributed by atoms with Crippen molar-refractivity contribution in [3.8, 4) is 0 Å². The maximum atomic E-state index is 11.0. The number of benzene rings is 1. The Morgan fingerprint density at radius 1 is 1.53 bits per heavy atom. The molecule has 19 heavy (non-hydrogen) atoms. The first-order chi connectivity index (χ1) is 9.06. The zero-order chi connectivity index (χ0) is 13.9. The molecule has 1 fully saturated rings. The fraction of sp³-hybridized carbons (Fsp3) is 0.538. The van der Waals surface area contributed by atoms with Crippen molar-refractivity contribution in [1.29, 1.82) is 0 Å². The summed E-state index contributed by atoms with van der Waals surface area (Å²) < 4.78 is 5.82. The number of rotatable bonds is 7. The molecule has 0 aromatic heterocycles. The minimum absolute atomic E-state index is 0.108. The lowest BCUT2D eigenvalue weighted by molar-refractivity contribution is -0.384. The molecule has 5 nitrogen and oxygen atoms in total. The molecule has 0 bridgehead atoms. The molecule has 0 spiro atoms. The average Bonchev–Trinajstić information content (AvgIpc) is 3.15. The molecule has 0 amide bonds. The number of nitrogens with zero attached hydrogens (tertiary/aromatic N) is 1. The molecule has 6 heteroatoms. The molecule has 1 saturated carbocycles. The van der Waals surface area contributed by atoms with E-state index in [1.54, 1.807) is 13.2 Å². The lowest BCUT2D eigenvalue weighted by Gasteiger charge is -2.16. The van der Waals surface area contributed by atoms with Crippen molar-refractivity contribution in [3.05, 3.63) is 32.8 Å². The Bertz CT molecular complexity index is 475. The van der Waals surface area contributed by atoms with Gasteiger partial charge in [0, 0.05) is 30.8 Å². The van der Waals surface area contributed by atoms with E-state index < -0.39 is 0 Å². The summed E-state index contributed by atoms with van der Waals surface area (Å²) in [6.45, 7) is 1.50. The molecule has 0 saturated heterocycles. The highest BCUT2D eigenvalue weighted by molar-refractivity contribution is 9.10. The van der Waals surface area contributed by atoms with E-state index in [2.05, 4.69) is 21.2 Å². The third kappa shape index (κ3) is 3.67. The van der Waals surface area contributed by atoms with Gasteiger partial charge in [-0.1, -0.05) is 15.9 Å². The van der Waals surface area contributed by atoms with Crippen molar-refractivity contribution in [3.63, 3.8) is 0 Å². The highest BCUT2D eigenvalue weighted by Crippen LogP contribution is 2.49. The van der Waals surface area contributed by atoms with Crippen LogP contribution in [0.4, 0.5) is 11.4 Å². The molecule has 104 valence electrons. The number of nitro benzene ring substituents is 1. The second-order valence-corrected chi connectivity index (χ2v) is 5.93. The Balaban J connectivity index is 2.01. The minimum atomic E-state index is -0.359. The topological polar surface area (TPSA) is 64.4 Å². The number of anilines is 1. The van der Waals surface area contributed by atoms with Crippen LogP contribution in [-0.4, -0.2) is 25.2 Å². The Morgan fingerprint density at radius 3 is 2.84 bits per heavy atom. The molecule has 0 radical (unpaired) electrons. The minimum Gasteiger partial charge on any atom is -0.385 e. The zero-order valence-electron chi connectivity index (χ0n) is 10.8.